The molecule has 5 heteroatoms. The number of hydrogen-bond donors (Lipinski definition) is 0. The highest BCUT2D eigenvalue weighted by atomic mass is 16.7. The molecule has 3 aromatic rings. The van der Waals surface area contributed by atoms with E-state index in [2.05, 4.69) is 4.98 Å². The topological polar surface area (TPSA) is 46.8 Å². The monoisotopic (exact) mass is 281 g/mol. The van der Waals surface area contributed by atoms with Crippen molar-refractivity contribution in [2.45, 2.75) is 0 Å². The Bertz CT molecular complexity index is 781. The number of carbonyl (C=O) groups is 1. The summed E-state index contributed by atoms with van der Waals surface area (Å²) in [6.07, 6.45) is 3.67. The largest absolute Gasteiger partial charge is 0.306 e. The fourth-order valence-electron chi connectivity index (χ4n) is 2.13. The normalized spacial score (nSPS) is 10.8. The first-order valence-electron chi connectivity index (χ1n) is 6.55. The van der Waals surface area contributed by atoms with Gasteiger partial charge in [-0.1, -0.05) is 30.3 Å². The van der Waals surface area contributed by atoms with Gasteiger partial charge in [0, 0.05) is 25.0 Å². The van der Waals surface area contributed by atoms with Crippen molar-refractivity contribution < 1.29 is 9.63 Å². The Hall–Kier alpha value is -2.66. The van der Waals surface area contributed by atoms with E-state index >= 15 is 0 Å². The van der Waals surface area contributed by atoms with E-state index in [0.717, 1.165) is 16.9 Å². The maximum atomic E-state index is 12.1. The number of fused-ring (bicyclic) bond motifs is 1. The number of nitrogens with zero attached hydrogens (tertiary/aromatic N) is 3. The molecule has 0 fully saturated rings. The van der Waals surface area contributed by atoms with Crippen molar-refractivity contribution in [2.24, 2.45) is 0 Å². The van der Waals surface area contributed by atoms with Crippen molar-refractivity contribution in [1.29, 1.82) is 0 Å². The molecule has 0 unspecified atom stereocenters. The molecule has 0 aliphatic rings. The predicted molar refractivity (Wildman–Crippen MR) is 79.7 cm³/mol. The molecule has 0 bridgehead atoms. The van der Waals surface area contributed by atoms with E-state index in [1.165, 1.54) is 12.2 Å². The number of aromatic nitrogens is 2. The van der Waals surface area contributed by atoms with E-state index in [0.29, 0.717) is 5.56 Å². The van der Waals surface area contributed by atoms with Gasteiger partial charge in [0.2, 0.25) is 0 Å². The summed E-state index contributed by atoms with van der Waals surface area (Å²) >= 11 is 0. The molecule has 21 heavy (non-hydrogen) atoms. The summed E-state index contributed by atoms with van der Waals surface area (Å²) in [5, 5.41) is 1.19. The van der Waals surface area contributed by atoms with Crippen molar-refractivity contribution in [1.82, 2.24) is 14.4 Å². The third kappa shape index (κ3) is 2.51. The summed E-state index contributed by atoms with van der Waals surface area (Å²) in [4.78, 5) is 21.5. The number of carbonyl (C=O) groups excluding carboxylic acids is 1. The lowest BCUT2D eigenvalue weighted by Gasteiger charge is -2.13. The second-order valence-electron chi connectivity index (χ2n) is 4.66. The predicted octanol–water partition coefficient (Wildman–Crippen LogP) is 2.63. The maximum absolute atomic E-state index is 12.1. The molecule has 0 aliphatic carbocycles. The summed E-state index contributed by atoms with van der Waals surface area (Å²) in [5.74, 6) is -0.200. The molecular weight excluding hydrogens is 266 g/mol. The van der Waals surface area contributed by atoms with Crippen LogP contribution in [0.3, 0.4) is 0 Å². The number of hydroxylamine groups is 2. The standard InChI is InChI=1S/C16H15N3O2/c1-18(21-2)16(20)13-8-9-15-17-14(11-19(15)10-13)12-6-4-3-5-7-12/h3-11H,1-2H3. The van der Waals surface area contributed by atoms with Gasteiger partial charge in [0.05, 0.1) is 18.4 Å². The molecule has 0 saturated heterocycles. The SMILES string of the molecule is CON(C)C(=O)c1ccc2nc(-c3ccccc3)cn2c1. The molecule has 2 aromatic heterocycles. The van der Waals surface area contributed by atoms with Crippen LogP contribution in [0.25, 0.3) is 16.9 Å². The van der Waals surface area contributed by atoms with Gasteiger partial charge in [-0.15, -0.1) is 0 Å². The molecular formula is C16H15N3O2. The first kappa shape index (κ1) is 13.3. The van der Waals surface area contributed by atoms with E-state index in [9.17, 15) is 4.79 Å². The van der Waals surface area contributed by atoms with Crippen molar-refractivity contribution in [3.8, 4) is 11.3 Å². The van der Waals surface area contributed by atoms with Gasteiger partial charge in [0.15, 0.2) is 0 Å². The van der Waals surface area contributed by atoms with Crippen LogP contribution in [-0.4, -0.2) is 34.5 Å². The lowest BCUT2D eigenvalue weighted by atomic mass is 10.2. The lowest BCUT2D eigenvalue weighted by Crippen LogP contribution is -2.25. The average molecular weight is 281 g/mol. The van der Waals surface area contributed by atoms with E-state index in [1.807, 2.05) is 47.0 Å². The maximum Gasteiger partial charge on any atom is 0.278 e. The highest BCUT2D eigenvalue weighted by Gasteiger charge is 2.12. The second-order valence-corrected chi connectivity index (χ2v) is 4.66. The summed E-state index contributed by atoms with van der Waals surface area (Å²) < 4.78 is 1.85. The van der Waals surface area contributed by atoms with Crippen molar-refractivity contribution >= 4 is 11.6 Å². The van der Waals surface area contributed by atoms with Gasteiger partial charge in [-0.2, -0.15) is 0 Å². The van der Waals surface area contributed by atoms with E-state index in [4.69, 9.17) is 4.84 Å². The van der Waals surface area contributed by atoms with Crippen LogP contribution in [0.5, 0.6) is 0 Å². The van der Waals surface area contributed by atoms with Crippen molar-refractivity contribution in [3.05, 3.63) is 60.4 Å². The van der Waals surface area contributed by atoms with Crippen molar-refractivity contribution in [2.75, 3.05) is 14.2 Å². The van der Waals surface area contributed by atoms with Crippen LogP contribution < -0.4 is 0 Å². The minimum Gasteiger partial charge on any atom is -0.306 e. The number of amides is 1. The van der Waals surface area contributed by atoms with Crippen molar-refractivity contribution in [3.63, 3.8) is 0 Å². The Morgan fingerprint density at radius 2 is 1.90 bits per heavy atom. The molecule has 106 valence electrons. The van der Waals surface area contributed by atoms with E-state index in [1.54, 1.807) is 19.3 Å². The number of hydrogen-bond acceptors (Lipinski definition) is 3. The minimum atomic E-state index is -0.200. The van der Waals surface area contributed by atoms with Crippen LogP contribution in [-0.2, 0) is 4.84 Å². The Morgan fingerprint density at radius 3 is 2.62 bits per heavy atom. The van der Waals surface area contributed by atoms with Gasteiger partial charge in [-0.05, 0) is 12.1 Å². The molecule has 0 radical (unpaired) electrons. The Kier molecular flexibility index (Phi) is 3.41. The molecule has 0 atom stereocenters. The number of imidazole rings is 1. The molecule has 0 aliphatic heterocycles. The summed E-state index contributed by atoms with van der Waals surface area (Å²) in [7, 11) is 3.04. The summed E-state index contributed by atoms with van der Waals surface area (Å²) in [6.45, 7) is 0. The quantitative estimate of drug-likeness (QED) is 0.693. The van der Waals surface area contributed by atoms with Crippen LogP contribution in [0.4, 0.5) is 0 Å². The van der Waals surface area contributed by atoms with Gasteiger partial charge in [0.1, 0.15) is 5.65 Å². The lowest BCUT2D eigenvalue weighted by molar-refractivity contribution is -0.0757. The highest BCUT2D eigenvalue weighted by Crippen LogP contribution is 2.19. The molecule has 0 spiro atoms. The molecule has 0 N–H and O–H groups in total. The fourth-order valence-corrected chi connectivity index (χ4v) is 2.13. The smallest absolute Gasteiger partial charge is 0.278 e. The van der Waals surface area contributed by atoms with Gasteiger partial charge in [-0.25, -0.2) is 10.0 Å². The zero-order chi connectivity index (χ0) is 14.8. The molecule has 2 heterocycles. The third-order valence-corrected chi connectivity index (χ3v) is 3.33. The number of benzene rings is 1. The fraction of sp³-hybridized carbons (Fsp3) is 0.125. The Morgan fingerprint density at radius 1 is 1.14 bits per heavy atom. The Balaban J connectivity index is 2.01. The van der Waals surface area contributed by atoms with Crippen LogP contribution >= 0.6 is 0 Å². The van der Waals surface area contributed by atoms with E-state index < -0.39 is 0 Å². The average Bonchev–Trinajstić information content (AvgIpc) is 2.97. The van der Waals surface area contributed by atoms with Crippen LogP contribution in [0.15, 0.2) is 54.9 Å². The van der Waals surface area contributed by atoms with Gasteiger partial charge in [0.25, 0.3) is 5.91 Å². The van der Waals surface area contributed by atoms with Gasteiger partial charge >= 0.3 is 0 Å². The first-order chi connectivity index (χ1) is 10.2. The molecule has 1 aromatic carbocycles. The molecule has 3 rings (SSSR count). The Labute approximate surface area is 122 Å². The second kappa shape index (κ2) is 5.38. The van der Waals surface area contributed by atoms with Gasteiger partial charge < -0.3 is 4.40 Å². The first-order valence-corrected chi connectivity index (χ1v) is 6.55. The van der Waals surface area contributed by atoms with Crippen LogP contribution in [0, 0.1) is 0 Å². The third-order valence-electron chi connectivity index (χ3n) is 3.33. The van der Waals surface area contributed by atoms with Gasteiger partial charge in [-0.3, -0.25) is 9.63 Å². The molecule has 1 amide bonds. The summed E-state index contributed by atoms with van der Waals surface area (Å²) in [5.41, 5.74) is 3.26. The molecule has 0 saturated carbocycles. The molecule has 5 nitrogen and oxygen atoms in total. The highest BCUT2D eigenvalue weighted by molar-refractivity contribution is 5.93. The zero-order valence-electron chi connectivity index (χ0n) is 11.9. The zero-order valence-corrected chi connectivity index (χ0v) is 11.9. The van der Waals surface area contributed by atoms with Crippen LogP contribution in [0.2, 0.25) is 0 Å². The minimum absolute atomic E-state index is 0.200. The summed E-state index contributed by atoms with van der Waals surface area (Å²) in [6, 6.07) is 13.5. The number of pyridine rings is 1. The van der Waals surface area contributed by atoms with Crippen LogP contribution in [0.1, 0.15) is 10.4 Å². The van der Waals surface area contributed by atoms with E-state index in [-0.39, 0.29) is 5.91 Å². The number of rotatable bonds is 3.